The molecule has 0 fully saturated rings. The molecule has 0 heterocycles. The topological polar surface area (TPSA) is 0 Å². The standard InChI is InChI=1S/C13H15F.C2H6/c1-4-6-13(14)12-8-7-11(5-2)9-10(12)3;1-2/h4,6-9H,1,5H2,2-3H3;1-2H3/b13-6+;. The number of allylic oxidation sites excluding steroid dienone is 2. The summed E-state index contributed by atoms with van der Waals surface area (Å²) in [6.07, 6.45) is 3.82. The van der Waals surface area contributed by atoms with Gasteiger partial charge in [-0.2, -0.15) is 0 Å². The van der Waals surface area contributed by atoms with E-state index in [0.29, 0.717) is 5.56 Å². The van der Waals surface area contributed by atoms with Crippen LogP contribution in [0, 0.1) is 6.92 Å². The molecular formula is C15H21F. The zero-order valence-corrected chi connectivity index (χ0v) is 10.7. The predicted molar refractivity (Wildman–Crippen MR) is 71.2 cm³/mol. The van der Waals surface area contributed by atoms with Crippen molar-refractivity contribution in [2.45, 2.75) is 34.1 Å². The molecule has 0 radical (unpaired) electrons. The van der Waals surface area contributed by atoms with E-state index in [-0.39, 0.29) is 5.83 Å². The Bertz CT molecular complexity index is 362. The first-order chi connectivity index (χ1) is 7.69. The number of hydrogen-bond acceptors (Lipinski definition) is 0. The van der Waals surface area contributed by atoms with Crippen LogP contribution in [0.3, 0.4) is 0 Å². The Morgan fingerprint density at radius 2 is 2.00 bits per heavy atom. The summed E-state index contributed by atoms with van der Waals surface area (Å²) in [4.78, 5) is 0. The molecule has 0 aliphatic heterocycles. The summed E-state index contributed by atoms with van der Waals surface area (Å²) in [6, 6.07) is 5.80. The highest BCUT2D eigenvalue weighted by Crippen LogP contribution is 2.21. The number of benzene rings is 1. The molecule has 0 spiro atoms. The van der Waals surface area contributed by atoms with Crippen molar-refractivity contribution >= 4 is 5.83 Å². The molecule has 0 atom stereocenters. The van der Waals surface area contributed by atoms with E-state index < -0.39 is 0 Å². The summed E-state index contributed by atoms with van der Waals surface area (Å²) in [5.74, 6) is -0.222. The molecule has 1 aromatic carbocycles. The molecule has 0 aliphatic carbocycles. The minimum atomic E-state index is -0.222. The molecule has 0 N–H and O–H groups in total. The first-order valence-electron chi connectivity index (χ1n) is 5.77. The largest absolute Gasteiger partial charge is 0.206 e. The summed E-state index contributed by atoms with van der Waals surface area (Å²) in [5.41, 5.74) is 2.86. The van der Waals surface area contributed by atoms with Crippen molar-refractivity contribution in [2.75, 3.05) is 0 Å². The van der Waals surface area contributed by atoms with E-state index in [1.807, 2.05) is 39.0 Å². The van der Waals surface area contributed by atoms with Crippen molar-refractivity contribution in [1.29, 1.82) is 0 Å². The quantitative estimate of drug-likeness (QED) is 0.623. The molecule has 0 saturated heterocycles. The summed E-state index contributed by atoms with van der Waals surface area (Å²) in [7, 11) is 0. The van der Waals surface area contributed by atoms with Gasteiger partial charge < -0.3 is 0 Å². The highest BCUT2D eigenvalue weighted by molar-refractivity contribution is 5.63. The zero-order valence-electron chi connectivity index (χ0n) is 10.7. The van der Waals surface area contributed by atoms with Gasteiger partial charge >= 0.3 is 0 Å². The molecule has 1 heteroatoms. The molecule has 88 valence electrons. The predicted octanol–water partition coefficient (Wildman–Crippen LogP) is 5.08. The van der Waals surface area contributed by atoms with Crippen LogP contribution in [0.25, 0.3) is 5.83 Å². The molecule has 0 aliphatic rings. The molecule has 0 saturated carbocycles. The van der Waals surface area contributed by atoms with E-state index >= 15 is 0 Å². The lowest BCUT2D eigenvalue weighted by Crippen LogP contribution is -1.88. The van der Waals surface area contributed by atoms with Crippen LogP contribution in [0.2, 0.25) is 0 Å². The van der Waals surface area contributed by atoms with E-state index in [0.717, 1.165) is 12.0 Å². The molecule has 0 nitrogen and oxygen atoms in total. The highest BCUT2D eigenvalue weighted by Gasteiger charge is 2.03. The van der Waals surface area contributed by atoms with Crippen LogP contribution in [0.5, 0.6) is 0 Å². The Kier molecular flexibility index (Phi) is 7.19. The lowest BCUT2D eigenvalue weighted by atomic mass is 10.0. The maximum atomic E-state index is 13.4. The van der Waals surface area contributed by atoms with Crippen LogP contribution in [0.4, 0.5) is 4.39 Å². The fourth-order valence-corrected chi connectivity index (χ4v) is 1.41. The normalized spacial score (nSPS) is 10.4. The van der Waals surface area contributed by atoms with Crippen molar-refractivity contribution in [3.8, 4) is 0 Å². The van der Waals surface area contributed by atoms with Gasteiger partial charge in [0.05, 0.1) is 0 Å². The van der Waals surface area contributed by atoms with Gasteiger partial charge in [-0.3, -0.25) is 0 Å². The van der Waals surface area contributed by atoms with Crippen molar-refractivity contribution < 1.29 is 4.39 Å². The van der Waals surface area contributed by atoms with Crippen molar-refractivity contribution in [3.63, 3.8) is 0 Å². The molecular weight excluding hydrogens is 199 g/mol. The minimum absolute atomic E-state index is 0.222. The van der Waals surface area contributed by atoms with Gasteiger partial charge in [0.1, 0.15) is 5.83 Å². The van der Waals surface area contributed by atoms with Crippen LogP contribution >= 0.6 is 0 Å². The van der Waals surface area contributed by atoms with E-state index in [9.17, 15) is 4.39 Å². The molecule has 16 heavy (non-hydrogen) atoms. The average molecular weight is 220 g/mol. The Balaban J connectivity index is 0.00000106. The minimum Gasteiger partial charge on any atom is -0.206 e. The smallest absolute Gasteiger partial charge is 0.130 e. The van der Waals surface area contributed by atoms with Gasteiger partial charge in [0.15, 0.2) is 0 Å². The van der Waals surface area contributed by atoms with Crippen LogP contribution in [-0.4, -0.2) is 0 Å². The fourth-order valence-electron chi connectivity index (χ4n) is 1.41. The fraction of sp³-hybridized carbons (Fsp3) is 0.333. The summed E-state index contributed by atoms with van der Waals surface area (Å²) >= 11 is 0. The van der Waals surface area contributed by atoms with Crippen molar-refractivity contribution in [3.05, 3.63) is 53.6 Å². The Morgan fingerprint density at radius 3 is 2.44 bits per heavy atom. The van der Waals surface area contributed by atoms with E-state index in [1.165, 1.54) is 17.7 Å². The monoisotopic (exact) mass is 220 g/mol. The summed E-state index contributed by atoms with van der Waals surface area (Å²) in [6.45, 7) is 11.5. The van der Waals surface area contributed by atoms with Gasteiger partial charge in [-0.25, -0.2) is 4.39 Å². The molecule has 1 aromatic rings. The van der Waals surface area contributed by atoms with E-state index in [4.69, 9.17) is 0 Å². The SMILES string of the molecule is C=C/C=C(/F)c1ccc(CC)cc1C.CC. The number of hydrogen-bond donors (Lipinski definition) is 0. The molecule has 0 bridgehead atoms. The zero-order chi connectivity index (χ0) is 12.6. The second-order valence-electron chi connectivity index (χ2n) is 3.25. The van der Waals surface area contributed by atoms with Crippen LogP contribution in [0.1, 0.15) is 37.5 Å². The first-order valence-corrected chi connectivity index (χ1v) is 5.77. The Labute approximate surface area is 98.5 Å². The molecule has 0 amide bonds. The Morgan fingerprint density at radius 1 is 1.38 bits per heavy atom. The molecule has 0 unspecified atom stereocenters. The van der Waals surface area contributed by atoms with Gasteiger partial charge in [0.2, 0.25) is 0 Å². The van der Waals surface area contributed by atoms with Crippen molar-refractivity contribution in [1.82, 2.24) is 0 Å². The molecule has 1 rings (SSSR count). The van der Waals surface area contributed by atoms with Gasteiger partial charge in [-0.1, -0.05) is 51.6 Å². The van der Waals surface area contributed by atoms with Crippen molar-refractivity contribution in [2.24, 2.45) is 0 Å². The number of halogens is 1. The number of rotatable bonds is 3. The van der Waals surface area contributed by atoms with Gasteiger partial charge in [-0.15, -0.1) is 0 Å². The van der Waals surface area contributed by atoms with Gasteiger partial charge in [0.25, 0.3) is 0 Å². The summed E-state index contributed by atoms with van der Waals surface area (Å²) in [5, 5.41) is 0. The second-order valence-corrected chi connectivity index (χ2v) is 3.25. The third-order valence-corrected chi connectivity index (χ3v) is 2.22. The highest BCUT2D eigenvalue weighted by atomic mass is 19.1. The van der Waals surface area contributed by atoms with Crippen LogP contribution in [0.15, 0.2) is 36.9 Å². The Hall–Kier alpha value is -1.37. The van der Waals surface area contributed by atoms with Gasteiger partial charge in [-0.05, 0) is 30.5 Å². The van der Waals surface area contributed by atoms with E-state index in [2.05, 4.69) is 13.5 Å². The lowest BCUT2D eigenvalue weighted by molar-refractivity contribution is 0.758. The van der Waals surface area contributed by atoms with E-state index in [1.54, 1.807) is 0 Å². The average Bonchev–Trinajstić information content (AvgIpc) is 2.31. The lowest BCUT2D eigenvalue weighted by Gasteiger charge is -2.05. The maximum absolute atomic E-state index is 13.4. The summed E-state index contributed by atoms with van der Waals surface area (Å²) < 4.78 is 13.4. The third kappa shape index (κ3) is 4.01. The second kappa shape index (κ2) is 7.86. The van der Waals surface area contributed by atoms with Gasteiger partial charge in [0, 0.05) is 5.56 Å². The molecule has 0 aromatic heterocycles. The number of aryl methyl sites for hydroxylation is 2. The maximum Gasteiger partial charge on any atom is 0.130 e. The first kappa shape index (κ1) is 14.6. The van der Waals surface area contributed by atoms with Crippen LogP contribution in [-0.2, 0) is 6.42 Å². The van der Waals surface area contributed by atoms with Crippen LogP contribution < -0.4 is 0 Å². The third-order valence-electron chi connectivity index (χ3n) is 2.22.